The maximum atomic E-state index is 11.5. The summed E-state index contributed by atoms with van der Waals surface area (Å²) in [5.74, 6) is -0.874. The zero-order valence-corrected chi connectivity index (χ0v) is 11.6. The number of aliphatic hydroxyl groups is 2. The van der Waals surface area contributed by atoms with Crippen molar-refractivity contribution in [3.63, 3.8) is 0 Å². The van der Waals surface area contributed by atoms with E-state index in [1.54, 1.807) is 20.8 Å². The van der Waals surface area contributed by atoms with Crippen LogP contribution in [0, 0.1) is 0 Å². The van der Waals surface area contributed by atoms with Crippen molar-refractivity contribution in [2.45, 2.75) is 57.3 Å². The van der Waals surface area contributed by atoms with Gasteiger partial charge in [0.15, 0.2) is 24.3 Å². The zero-order chi connectivity index (χ0) is 14.9. The Hall–Kier alpha value is -0.930. The lowest BCUT2D eigenvalue weighted by atomic mass is 10.1. The van der Waals surface area contributed by atoms with Crippen molar-refractivity contribution < 1.29 is 38.7 Å². The monoisotopic (exact) mass is 292 g/mol. The maximum absolute atomic E-state index is 11.5. The van der Waals surface area contributed by atoms with Crippen molar-refractivity contribution in [2.75, 3.05) is 13.2 Å². The highest BCUT2D eigenvalue weighted by Gasteiger charge is 2.58. The van der Waals surface area contributed by atoms with Crippen LogP contribution < -0.4 is 0 Å². The fourth-order valence-corrected chi connectivity index (χ4v) is 2.31. The van der Waals surface area contributed by atoms with E-state index < -0.39 is 49.3 Å². The Morgan fingerprint density at radius 2 is 2.10 bits per heavy atom. The topological polar surface area (TPSA) is 104 Å². The summed E-state index contributed by atoms with van der Waals surface area (Å²) in [6.45, 7) is 4.68. The molecular formula is C12H20O8. The molecule has 0 aromatic rings. The van der Waals surface area contributed by atoms with Crippen LogP contribution in [0.15, 0.2) is 0 Å². The Kier molecular flexibility index (Phi) is 4.50. The van der Waals surface area contributed by atoms with Gasteiger partial charge in [0.25, 0.3) is 0 Å². The Balaban J connectivity index is 2.10. The second kappa shape index (κ2) is 5.82. The largest absolute Gasteiger partial charge is 0.508 e. The number of carbonyl (C=O) groups excluding carboxylic acids is 1. The number of hydrogen-bond donors (Lipinski definition) is 2. The van der Waals surface area contributed by atoms with E-state index in [2.05, 4.69) is 0 Å². The fraction of sp³-hybridized carbons (Fsp3) is 0.917. The molecule has 2 aliphatic rings. The molecule has 2 fully saturated rings. The van der Waals surface area contributed by atoms with Gasteiger partial charge in [0.05, 0.1) is 13.2 Å². The molecule has 116 valence electrons. The minimum absolute atomic E-state index is 0.163. The van der Waals surface area contributed by atoms with Crippen LogP contribution in [0.3, 0.4) is 0 Å². The van der Waals surface area contributed by atoms with Crippen LogP contribution in [-0.2, 0) is 23.7 Å². The van der Waals surface area contributed by atoms with Crippen molar-refractivity contribution >= 4 is 6.16 Å². The molecule has 2 saturated heterocycles. The summed E-state index contributed by atoms with van der Waals surface area (Å²) < 4.78 is 26.4. The molecule has 0 saturated carbocycles. The summed E-state index contributed by atoms with van der Waals surface area (Å²) in [7, 11) is 0. The molecule has 8 heteroatoms. The molecule has 2 rings (SSSR count). The van der Waals surface area contributed by atoms with Gasteiger partial charge in [-0.2, -0.15) is 0 Å². The predicted octanol–water partition coefficient (Wildman–Crippen LogP) is -0.242. The summed E-state index contributed by atoms with van der Waals surface area (Å²) >= 11 is 0. The van der Waals surface area contributed by atoms with E-state index in [1.807, 2.05) is 0 Å². The zero-order valence-electron chi connectivity index (χ0n) is 11.6. The number of aliphatic hydroxyl groups excluding tert-OH is 2. The van der Waals surface area contributed by atoms with E-state index in [0.717, 1.165) is 0 Å². The summed E-state index contributed by atoms with van der Waals surface area (Å²) in [6, 6.07) is 0. The van der Waals surface area contributed by atoms with Crippen LogP contribution in [0.25, 0.3) is 0 Å². The summed E-state index contributed by atoms with van der Waals surface area (Å²) in [4.78, 5) is 11.5. The summed E-state index contributed by atoms with van der Waals surface area (Å²) in [5, 5.41) is 18.8. The molecule has 5 atom stereocenters. The lowest BCUT2D eigenvalue weighted by Gasteiger charge is -2.27. The van der Waals surface area contributed by atoms with Crippen LogP contribution in [0.5, 0.6) is 0 Å². The van der Waals surface area contributed by atoms with Crippen molar-refractivity contribution in [2.24, 2.45) is 0 Å². The second-order valence-corrected chi connectivity index (χ2v) is 5.08. The van der Waals surface area contributed by atoms with Crippen LogP contribution in [0.1, 0.15) is 20.8 Å². The first-order valence-electron chi connectivity index (χ1n) is 6.51. The molecule has 0 aromatic heterocycles. The standard InChI is InChI=1S/C12H20O8/c1-4-16-11(15)18-8-7(6(14)5-13)17-10-9(8)19-12(2,3)20-10/h6-10,13-14H,4-5H2,1-3H3/t6-,7-,8+,9-,10-/m1/s1. The van der Waals surface area contributed by atoms with Crippen LogP contribution in [-0.4, -0.2) is 66.1 Å². The maximum Gasteiger partial charge on any atom is 0.508 e. The first-order chi connectivity index (χ1) is 9.38. The third-order valence-corrected chi connectivity index (χ3v) is 3.09. The van der Waals surface area contributed by atoms with Crippen LogP contribution >= 0.6 is 0 Å². The molecule has 0 amide bonds. The molecule has 8 nitrogen and oxygen atoms in total. The SMILES string of the molecule is CCOC(=O)O[C@@H]1[C@H]2OC(C)(C)O[C@H]2O[C@@H]1[C@H](O)CO. The Labute approximate surface area is 116 Å². The van der Waals surface area contributed by atoms with Gasteiger partial charge >= 0.3 is 6.16 Å². The lowest BCUT2D eigenvalue weighted by Crippen LogP contribution is -2.45. The van der Waals surface area contributed by atoms with Crippen molar-refractivity contribution in [1.82, 2.24) is 0 Å². The minimum atomic E-state index is -1.21. The lowest BCUT2D eigenvalue weighted by molar-refractivity contribution is -0.228. The third kappa shape index (κ3) is 3.04. The van der Waals surface area contributed by atoms with Crippen molar-refractivity contribution in [3.8, 4) is 0 Å². The minimum Gasteiger partial charge on any atom is -0.435 e. The molecule has 2 aliphatic heterocycles. The van der Waals surface area contributed by atoms with Crippen LogP contribution in [0.2, 0.25) is 0 Å². The van der Waals surface area contributed by atoms with Crippen LogP contribution in [0.4, 0.5) is 4.79 Å². The molecule has 0 aliphatic carbocycles. The van der Waals surface area contributed by atoms with E-state index in [4.69, 9.17) is 28.8 Å². The van der Waals surface area contributed by atoms with E-state index in [1.165, 1.54) is 0 Å². The smallest absolute Gasteiger partial charge is 0.435 e. The number of fused-ring (bicyclic) bond motifs is 1. The van der Waals surface area contributed by atoms with Crippen molar-refractivity contribution in [3.05, 3.63) is 0 Å². The van der Waals surface area contributed by atoms with Gasteiger partial charge in [-0.15, -0.1) is 0 Å². The third-order valence-electron chi connectivity index (χ3n) is 3.09. The number of ether oxygens (including phenoxy) is 5. The molecule has 20 heavy (non-hydrogen) atoms. The van der Waals surface area contributed by atoms with Gasteiger partial charge in [-0.25, -0.2) is 4.79 Å². The predicted molar refractivity (Wildman–Crippen MR) is 63.7 cm³/mol. The van der Waals surface area contributed by atoms with Gasteiger partial charge in [-0.3, -0.25) is 0 Å². The number of hydrogen-bond acceptors (Lipinski definition) is 8. The molecule has 0 bridgehead atoms. The highest BCUT2D eigenvalue weighted by Crippen LogP contribution is 2.39. The first kappa shape index (κ1) is 15.5. The van der Waals surface area contributed by atoms with Gasteiger partial charge in [0.2, 0.25) is 0 Å². The molecule has 2 N–H and O–H groups in total. The molecular weight excluding hydrogens is 272 g/mol. The first-order valence-corrected chi connectivity index (χ1v) is 6.51. The van der Waals surface area contributed by atoms with Gasteiger partial charge in [-0.1, -0.05) is 0 Å². The molecule has 2 heterocycles. The van der Waals surface area contributed by atoms with Gasteiger partial charge in [0.1, 0.15) is 12.2 Å². The molecule has 0 spiro atoms. The quantitative estimate of drug-likeness (QED) is 0.684. The normalized spacial score (nSPS) is 36.5. The van der Waals surface area contributed by atoms with Crippen molar-refractivity contribution in [1.29, 1.82) is 0 Å². The van der Waals surface area contributed by atoms with E-state index in [9.17, 15) is 9.90 Å². The van der Waals surface area contributed by atoms with Gasteiger partial charge < -0.3 is 33.9 Å². The van der Waals surface area contributed by atoms with Gasteiger partial charge in [0, 0.05) is 0 Å². The molecule has 0 unspecified atom stereocenters. The van der Waals surface area contributed by atoms with E-state index in [0.29, 0.717) is 0 Å². The highest BCUT2D eigenvalue weighted by atomic mass is 16.9. The Morgan fingerprint density at radius 3 is 2.70 bits per heavy atom. The second-order valence-electron chi connectivity index (χ2n) is 5.08. The molecule has 0 radical (unpaired) electrons. The summed E-state index contributed by atoms with van der Waals surface area (Å²) in [6.07, 6.45) is -5.39. The number of rotatable bonds is 4. The fourth-order valence-electron chi connectivity index (χ4n) is 2.31. The Morgan fingerprint density at radius 1 is 1.40 bits per heavy atom. The molecule has 0 aromatic carbocycles. The van der Waals surface area contributed by atoms with Gasteiger partial charge in [-0.05, 0) is 20.8 Å². The van der Waals surface area contributed by atoms with E-state index in [-0.39, 0.29) is 6.61 Å². The van der Waals surface area contributed by atoms with E-state index >= 15 is 0 Å². The highest BCUT2D eigenvalue weighted by molar-refractivity contribution is 5.60. The average molecular weight is 292 g/mol. The number of carbonyl (C=O) groups is 1. The average Bonchev–Trinajstić information content (AvgIpc) is 2.82. The summed E-state index contributed by atoms with van der Waals surface area (Å²) in [5.41, 5.74) is 0. The Bertz CT molecular complexity index is 357.